The van der Waals surface area contributed by atoms with Crippen molar-refractivity contribution in [1.82, 2.24) is 0 Å². The molecule has 0 unspecified atom stereocenters. The highest BCUT2D eigenvalue weighted by Gasteiger charge is 2.47. The van der Waals surface area contributed by atoms with Crippen LogP contribution in [-0.4, -0.2) is 40.5 Å². The van der Waals surface area contributed by atoms with Crippen molar-refractivity contribution in [3.05, 3.63) is 21.7 Å². The Bertz CT molecular complexity index is 971. The Morgan fingerprint density at radius 2 is 1.61 bits per heavy atom. The van der Waals surface area contributed by atoms with Crippen LogP contribution in [0.1, 0.15) is 36.7 Å². The normalized spacial score (nSPS) is 23.1. The fourth-order valence-corrected chi connectivity index (χ4v) is 4.84. The number of carbonyl (C=O) groups is 1. The van der Waals surface area contributed by atoms with Crippen LogP contribution >= 0.6 is 15.9 Å². The molecule has 0 amide bonds. The van der Waals surface area contributed by atoms with Gasteiger partial charge in [0.1, 0.15) is 29.1 Å². The SMILES string of the molecule is COc1cc(Br)c(OC)c2c(OC)c3c(c(OC)c12)[C@H]1OC(=O)C[C@H]1O[C@@H]3C. The summed E-state index contributed by atoms with van der Waals surface area (Å²) in [6.45, 7) is 1.92. The van der Waals surface area contributed by atoms with Crippen LogP contribution < -0.4 is 18.9 Å². The zero-order valence-electron chi connectivity index (χ0n) is 16.3. The molecule has 150 valence electrons. The zero-order chi connectivity index (χ0) is 20.2. The number of benzene rings is 2. The van der Waals surface area contributed by atoms with Gasteiger partial charge in [-0.3, -0.25) is 4.79 Å². The molecule has 0 bridgehead atoms. The average molecular weight is 453 g/mol. The third-order valence-electron chi connectivity index (χ3n) is 5.30. The zero-order valence-corrected chi connectivity index (χ0v) is 17.8. The smallest absolute Gasteiger partial charge is 0.309 e. The number of hydrogen-bond acceptors (Lipinski definition) is 7. The molecule has 4 rings (SSSR count). The van der Waals surface area contributed by atoms with Gasteiger partial charge >= 0.3 is 5.97 Å². The lowest BCUT2D eigenvalue weighted by Crippen LogP contribution is -2.28. The molecule has 1 saturated heterocycles. The predicted octanol–water partition coefficient (Wildman–Crippen LogP) is 4.08. The van der Waals surface area contributed by atoms with Gasteiger partial charge in [0.2, 0.25) is 0 Å². The van der Waals surface area contributed by atoms with Crippen molar-refractivity contribution in [2.45, 2.75) is 31.7 Å². The van der Waals surface area contributed by atoms with E-state index in [0.717, 1.165) is 11.1 Å². The Kier molecular flexibility index (Phi) is 4.79. The first kappa shape index (κ1) is 19.1. The summed E-state index contributed by atoms with van der Waals surface area (Å²) >= 11 is 3.54. The van der Waals surface area contributed by atoms with E-state index in [-0.39, 0.29) is 24.6 Å². The van der Waals surface area contributed by atoms with E-state index in [1.54, 1.807) is 28.4 Å². The molecule has 0 aromatic heterocycles. The van der Waals surface area contributed by atoms with Crippen molar-refractivity contribution in [1.29, 1.82) is 0 Å². The Balaban J connectivity index is 2.21. The highest BCUT2D eigenvalue weighted by atomic mass is 79.9. The Hall–Kier alpha value is -2.19. The predicted molar refractivity (Wildman–Crippen MR) is 105 cm³/mol. The van der Waals surface area contributed by atoms with Crippen molar-refractivity contribution in [3.8, 4) is 23.0 Å². The summed E-state index contributed by atoms with van der Waals surface area (Å²) in [5, 5.41) is 1.39. The minimum absolute atomic E-state index is 0.207. The van der Waals surface area contributed by atoms with Crippen LogP contribution in [0, 0.1) is 0 Å². The quantitative estimate of drug-likeness (QED) is 0.646. The molecule has 8 heteroatoms. The third-order valence-corrected chi connectivity index (χ3v) is 5.89. The first-order chi connectivity index (χ1) is 13.5. The van der Waals surface area contributed by atoms with Gasteiger partial charge < -0.3 is 28.4 Å². The van der Waals surface area contributed by atoms with Crippen molar-refractivity contribution in [3.63, 3.8) is 0 Å². The lowest BCUT2D eigenvalue weighted by Gasteiger charge is -2.35. The van der Waals surface area contributed by atoms with Gasteiger partial charge in [0.25, 0.3) is 0 Å². The van der Waals surface area contributed by atoms with Gasteiger partial charge in [-0.05, 0) is 28.9 Å². The fourth-order valence-electron chi connectivity index (χ4n) is 4.27. The summed E-state index contributed by atoms with van der Waals surface area (Å²) in [7, 11) is 6.35. The summed E-state index contributed by atoms with van der Waals surface area (Å²) in [6, 6.07) is 1.82. The van der Waals surface area contributed by atoms with Gasteiger partial charge in [-0.15, -0.1) is 0 Å². The first-order valence-corrected chi connectivity index (χ1v) is 9.62. The van der Waals surface area contributed by atoms with E-state index in [1.165, 1.54) is 0 Å². The van der Waals surface area contributed by atoms with Crippen LogP contribution in [0.25, 0.3) is 10.8 Å². The second-order valence-corrected chi connectivity index (χ2v) is 7.52. The van der Waals surface area contributed by atoms with Crippen LogP contribution in [0.3, 0.4) is 0 Å². The largest absolute Gasteiger partial charge is 0.496 e. The van der Waals surface area contributed by atoms with Gasteiger partial charge in [-0.25, -0.2) is 0 Å². The van der Waals surface area contributed by atoms with Crippen molar-refractivity contribution in [2.75, 3.05) is 28.4 Å². The van der Waals surface area contributed by atoms with Gasteiger partial charge in [-0.2, -0.15) is 0 Å². The summed E-state index contributed by atoms with van der Waals surface area (Å²) in [6.07, 6.45) is -1.05. The molecule has 7 nitrogen and oxygen atoms in total. The van der Waals surface area contributed by atoms with Crippen LogP contribution in [0.15, 0.2) is 10.5 Å². The molecule has 2 aromatic carbocycles. The molecule has 2 aromatic rings. The molecule has 2 heterocycles. The fraction of sp³-hybridized carbons (Fsp3) is 0.450. The summed E-state index contributed by atoms with van der Waals surface area (Å²) in [5.74, 6) is 2.02. The average Bonchev–Trinajstić information content (AvgIpc) is 3.05. The van der Waals surface area contributed by atoms with Crippen LogP contribution in [0.5, 0.6) is 23.0 Å². The maximum absolute atomic E-state index is 12.0. The maximum Gasteiger partial charge on any atom is 0.309 e. The molecule has 1 fully saturated rings. The number of carbonyl (C=O) groups excluding carboxylic acids is 1. The van der Waals surface area contributed by atoms with Gasteiger partial charge in [0.05, 0.1) is 56.2 Å². The molecule has 2 aliphatic heterocycles. The number of ether oxygens (including phenoxy) is 6. The summed E-state index contributed by atoms with van der Waals surface area (Å²) in [4.78, 5) is 12.0. The number of halogens is 1. The van der Waals surface area contributed by atoms with E-state index in [2.05, 4.69) is 15.9 Å². The minimum atomic E-state index is -0.564. The number of hydrogen-bond donors (Lipinski definition) is 0. The van der Waals surface area contributed by atoms with Gasteiger partial charge in [0, 0.05) is 11.1 Å². The first-order valence-electron chi connectivity index (χ1n) is 8.83. The monoisotopic (exact) mass is 452 g/mol. The molecule has 0 saturated carbocycles. The van der Waals surface area contributed by atoms with E-state index in [0.29, 0.717) is 38.2 Å². The van der Waals surface area contributed by atoms with Crippen molar-refractivity contribution in [2.24, 2.45) is 0 Å². The number of rotatable bonds is 4. The Morgan fingerprint density at radius 1 is 0.964 bits per heavy atom. The van der Waals surface area contributed by atoms with Crippen molar-refractivity contribution < 1.29 is 33.2 Å². The second-order valence-electron chi connectivity index (χ2n) is 6.67. The molecule has 3 atom stereocenters. The van der Waals surface area contributed by atoms with Crippen LogP contribution in [-0.2, 0) is 14.3 Å². The molecule has 28 heavy (non-hydrogen) atoms. The highest BCUT2D eigenvalue weighted by molar-refractivity contribution is 9.10. The van der Waals surface area contributed by atoms with E-state index in [9.17, 15) is 4.79 Å². The lowest BCUT2D eigenvalue weighted by molar-refractivity contribution is -0.143. The van der Waals surface area contributed by atoms with Crippen molar-refractivity contribution >= 4 is 32.7 Å². The summed E-state index contributed by atoms with van der Waals surface area (Å²) in [5.41, 5.74) is 1.53. The molecular formula is C20H21BrO7. The Labute approximate surface area is 170 Å². The highest BCUT2D eigenvalue weighted by Crippen LogP contribution is 2.58. The third kappa shape index (κ3) is 2.54. The summed E-state index contributed by atoms with van der Waals surface area (Å²) < 4.78 is 35.4. The van der Waals surface area contributed by atoms with Gasteiger partial charge in [-0.1, -0.05) is 0 Å². The van der Waals surface area contributed by atoms with E-state index >= 15 is 0 Å². The van der Waals surface area contributed by atoms with Crippen LogP contribution in [0.4, 0.5) is 0 Å². The number of fused-ring (bicyclic) bond motifs is 4. The number of methoxy groups -OCH3 is 4. The topological polar surface area (TPSA) is 72.5 Å². The van der Waals surface area contributed by atoms with Gasteiger partial charge in [0.15, 0.2) is 6.10 Å². The molecule has 0 spiro atoms. The van der Waals surface area contributed by atoms with E-state index < -0.39 is 6.10 Å². The second kappa shape index (κ2) is 7.00. The minimum Gasteiger partial charge on any atom is -0.496 e. The molecule has 2 aliphatic rings. The molecular weight excluding hydrogens is 432 g/mol. The van der Waals surface area contributed by atoms with Crippen LogP contribution in [0.2, 0.25) is 0 Å². The van der Waals surface area contributed by atoms with E-state index in [4.69, 9.17) is 28.4 Å². The molecule has 0 aliphatic carbocycles. The maximum atomic E-state index is 12.0. The molecule has 0 N–H and O–H groups in total. The lowest BCUT2D eigenvalue weighted by atomic mass is 9.87. The van der Waals surface area contributed by atoms with E-state index in [1.807, 2.05) is 13.0 Å². The standard InChI is InChI=1S/C20H21BrO7/c1-8-13-15(18-11(27-8)7-12(22)28-18)20(26-5)14-10(23-2)6-9(21)17(24-3)16(14)19(13)25-4/h6,8,11,18H,7H2,1-5H3/t8-,11-,18+/m1/s1. The Morgan fingerprint density at radius 3 is 2.21 bits per heavy atom. The number of esters is 1. The molecule has 0 radical (unpaired) electrons.